The van der Waals surface area contributed by atoms with E-state index in [9.17, 15) is 9.59 Å². The molecule has 5 nitrogen and oxygen atoms in total. The average Bonchev–Trinajstić information content (AvgIpc) is 2.30. The summed E-state index contributed by atoms with van der Waals surface area (Å²) in [5.74, 6) is -2.56. The molecule has 1 saturated carbocycles. The number of aliphatic carboxylic acids is 2. The molecule has 2 rings (SSSR count). The Morgan fingerprint density at radius 3 is 1.88 bits per heavy atom. The molecular weight excluding hydrogens is 224 g/mol. The van der Waals surface area contributed by atoms with Crippen LogP contribution in [0.15, 0.2) is 0 Å². The highest BCUT2D eigenvalue weighted by Gasteiger charge is 2.53. The van der Waals surface area contributed by atoms with Crippen molar-refractivity contribution in [3.8, 4) is 0 Å². The SMILES string of the molecule is O=C(O)C1(C(=O)O)CCC2(CCCCC2)OC1. The predicted molar refractivity (Wildman–Crippen MR) is 58.7 cm³/mol. The van der Waals surface area contributed by atoms with Crippen LogP contribution in [0.2, 0.25) is 0 Å². The Morgan fingerprint density at radius 1 is 0.882 bits per heavy atom. The predicted octanol–water partition coefficient (Wildman–Crippen LogP) is 1.66. The van der Waals surface area contributed by atoms with E-state index in [4.69, 9.17) is 14.9 Å². The van der Waals surface area contributed by atoms with Gasteiger partial charge in [0.1, 0.15) is 0 Å². The van der Waals surface area contributed by atoms with E-state index in [1.165, 1.54) is 6.42 Å². The van der Waals surface area contributed by atoms with Gasteiger partial charge in [0, 0.05) is 0 Å². The number of carboxylic acids is 2. The summed E-state index contributed by atoms with van der Waals surface area (Å²) in [5, 5.41) is 18.2. The maximum Gasteiger partial charge on any atom is 0.323 e. The lowest BCUT2D eigenvalue weighted by Crippen LogP contribution is -2.52. The zero-order chi connectivity index (χ0) is 12.5. The van der Waals surface area contributed by atoms with E-state index in [1.807, 2.05) is 0 Å². The van der Waals surface area contributed by atoms with E-state index in [-0.39, 0.29) is 18.6 Å². The first-order chi connectivity index (χ1) is 8.01. The number of carbonyl (C=O) groups is 2. The van der Waals surface area contributed by atoms with Gasteiger partial charge in [-0.15, -0.1) is 0 Å². The Hall–Kier alpha value is -1.10. The van der Waals surface area contributed by atoms with Gasteiger partial charge in [0.2, 0.25) is 0 Å². The van der Waals surface area contributed by atoms with E-state index in [1.54, 1.807) is 0 Å². The van der Waals surface area contributed by atoms with Gasteiger partial charge in [-0.25, -0.2) is 0 Å². The van der Waals surface area contributed by atoms with Gasteiger partial charge >= 0.3 is 11.9 Å². The van der Waals surface area contributed by atoms with Crippen molar-refractivity contribution in [3.05, 3.63) is 0 Å². The monoisotopic (exact) mass is 242 g/mol. The van der Waals surface area contributed by atoms with Crippen LogP contribution in [0.5, 0.6) is 0 Å². The Balaban J connectivity index is 2.10. The summed E-state index contributed by atoms with van der Waals surface area (Å²) in [5.41, 5.74) is -1.98. The third-order valence-electron chi connectivity index (χ3n) is 4.22. The molecule has 0 unspecified atom stereocenters. The number of hydrogen-bond donors (Lipinski definition) is 2. The summed E-state index contributed by atoms with van der Waals surface area (Å²) in [6, 6.07) is 0. The lowest BCUT2D eigenvalue weighted by molar-refractivity contribution is -0.192. The molecular formula is C12H18O5. The lowest BCUT2D eigenvalue weighted by atomic mass is 9.72. The van der Waals surface area contributed by atoms with Gasteiger partial charge in [-0.2, -0.15) is 0 Å². The van der Waals surface area contributed by atoms with Gasteiger partial charge in [-0.1, -0.05) is 19.3 Å². The molecule has 5 heteroatoms. The van der Waals surface area contributed by atoms with Gasteiger partial charge < -0.3 is 14.9 Å². The van der Waals surface area contributed by atoms with E-state index in [0.717, 1.165) is 25.7 Å². The van der Waals surface area contributed by atoms with Gasteiger partial charge in [-0.05, 0) is 25.7 Å². The standard InChI is InChI=1S/C12H18O5/c13-9(14)12(10(15)16)7-6-11(17-8-12)4-2-1-3-5-11/h1-8H2,(H,13,14)(H,15,16). The van der Waals surface area contributed by atoms with Crippen molar-refractivity contribution in [2.75, 3.05) is 6.61 Å². The molecule has 2 aliphatic rings. The second-order valence-electron chi connectivity index (χ2n) is 5.22. The normalized spacial score (nSPS) is 26.6. The van der Waals surface area contributed by atoms with Gasteiger partial charge in [0.15, 0.2) is 5.41 Å². The molecule has 0 radical (unpaired) electrons. The second kappa shape index (κ2) is 4.29. The summed E-state index contributed by atoms with van der Waals surface area (Å²) in [6.07, 6.45) is 5.96. The maximum absolute atomic E-state index is 11.1. The zero-order valence-electron chi connectivity index (χ0n) is 9.78. The minimum Gasteiger partial charge on any atom is -0.480 e. The van der Waals surface area contributed by atoms with Gasteiger partial charge in [-0.3, -0.25) is 9.59 Å². The Morgan fingerprint density at radius 2 is 1.47 bits per heavy atom. The van der Waals surface area contributed by atoms with E-state index in [2.05, 4.69) is 0 Å². The molecule has 96 valence electrons. The molecule has 0 aromatic rings. The fraction of sp³-hybridized carbons (Fsp3) is 0.833. The fourth-order valence-corrected chi connectivity index (χ4v) is 2.88. The number of rotatable bonds is 2. The lowest BCUT2D eigenvalue weighted by Gasteiger charge is -2.44. The summed E-state index contributed by atoms with van der Waals surface area (Å²) in [6.45, 7) is -0.197. The molecule has 1 saturated heterocycles. The molecule has 1 heterocycles. The van der Waals surface area contributed by atoms with Crippen molar-refractivity contribution < 1.29 is 24.5 Å². The van der Waals surface area contributed by atoms with Crippen LogP contribution in [0.1, 0.15) is 44.9 Å². The van der Waals surface area contributed by atoms with Crippen LogP contribution in [0.3, 0.4) is 0 Å². The van der Waals surface area contributed by atoms with Crippen LogP contribution in [0.4, 0.5) is 0 Å². The minimum absolute atomic E-state index is 0.178. The summed E-state index contributed by atoms with van der Waals surface area (Å²) in [7, 11) is 0. The van der Waals surface area contributed by atoms with Crippen LogP contribution < -0.4 is 0 Å². The summed E-state index contributed by atoms with van der Waals surface area (Å²) < 4.78 is 5.68. The van der Waals surface area contributed by atoms with Crippen LogP contribution in [0, 0.1) is 5.41 Å². The molecule has 17 heavy (non-hydrogen) atoms. The highest BCUT2D eigenvalue weighted by molar-refractivity contribution is 5.98. The Bertz CT molecular complexity index is 304. The fourth-order valence-electron chi connectivity index (χ4n) is 2.88. The number of ether oxygens (including phenoxy) is 1. The maximum atomic E-state index is 11.1. The molecule has 2 N–H and O–H groups in total. The molecule has 0 aromatic carbocycles. The topological polar surface area (TPSA) is 83.8 Å². The molecule has 1 aliphatic heterocycles. The highest BCUT2D eigenvalue weighted by Crippen LogP contribution is 2.44. The number of carboxylic acid groups (broad SMARTS) is 2. The molecule has 0 aromatic heterocycles. The van der Waals surface area contributed by atoms with E-state index >= 15 is 0 Å². The van der Waals surface area contributed by atoms with Gasteiger partial charge in [0.05, 0.1) is 12.2 Å². The first-order valence-corrected chi connectivity index (χ1v) is 6.12. The molecule has 0 bridgehead atoms. The van der Waals surface area contributed by atoms with Crippen LogP contribution >= 0.6 is 0 Å². The van der Waals surface area contributed by atoms with Crippen molar-refractivity contribution in [1.29, 1.82) is 0 Å². The van der Waals surface area contributed by atoms with Gasteiger partial charge in [0.25, 0.3) is 0 Å². The smallest absolute Gasteiger partial charge is 0.323 e. The van der Waals surface area contributed by atoms with Crippen molar-refractivity contribution in [3.63, 3.8) is 0 Å². The third-order valence-corrected chi connectivity index (χ3v) is 4.22. The Labute approximate surface area is 99.8 Å². The second-order valence-corrected chi connectivity index (χ2v) is 5.22. The van der Waals surface area contributed by atoms with E-state index in [0.29, 0.717) is 6.42 Å². The average molecular weight is 242 g/mol. The highest BCUT2D eigenvalue weighted by atomic mass is 16.5. The molecule has 1 aliphatic carbocycles. The molecule has 0 amide bonds. The Kier molecular flexibility index (Phi) is 3.12. The van der Waals surface area contributed by atoms with Crippen LogP contribution in [0.25, 0.3) is 0 Å². The minimum atomic E-state index is -1.73. The number of hydrogen-bond acceptors (Lipinski definition) is 3. The zero-order valence-corrected chi connectivity index (χ0v) is 9.78. The van der Waals surface area contributed by atoms with Crippen molar-refractivity contribution in [2.24, 2.45) is 5.41 Å². The van der Waals surface area contributed by atoms with Crippen molar-refractivity contribution in [1.82, 2.24) is 0 Å². The largest absolute Gasteiger partial charge is 0.480 e. The molecule has 0 atom stereocenters. The van der Waals surface area contributed by atoms with E-state index < -0.39 is 17.4 Å². The van der Waals surface area contributed by atoms with Crippen LogP contribution in [-0.2, 0) is 14.3 Å². The third kappa shape index (κ3) is 2.04. The molecule has 1 spiro atoms. The molecule has 2 fully saturated rings. The van der Waals surface area contributed by atoms with Crippen molar-refractivity contribution >= 4 is 11.9 Å². The summed E-state index contributed by atoms with van der Waals surface area (Å²) in [4.78, 5) is 22.3. The quantitative estimate of drug-likeness (QED) is 0.719. The first kappa shape index (κ1) is 12.4. The van der Waals surface area contributed by atoms with Crippen LogP contribution in [-0.4, -0.2) is 34.4 Å². The van der Waals surface area contributed by atoms with Crippen molar-refractivity contribution in [2.45, 2.75) is 50.5 Å². The summed E-state index contributed by atoms with van der Waals surface area (Å²) >= 11 is 0. The first-order valence-electron chi connectivity index (χ1n) is 6.12.